The Morgan fingerprint density at radius 3 is 2.56 bits per heavy atom. The van der Waals surface area contributed by atoms with Crippen LogP contribution >= 0.6 is 11.6 Å². The number of aromatic carboxylic acids is 1. The number of pyridine rings is 1. The van der Waals surface area contributed by atoms with Crippen molar-refractivity contribution in [1.29, 1.82) is 0 Å². The SMILES string of the molecule is O=C(O)c1c(Cl)cc([N+](=O)[O-])nc1C(F)F. The zero-order chi connectivity index (χ0) is 12.5. The van der Waals surface area contributed by atoms with E-state index < -0.39 is 39.4 Å². The Hall–Kier alpha value is -1.83. The third-order valence-electron chi connectivity index (χ3n) is 1.59. The van der Waals surface area contributed by atoms with Crippen LogP contribution in [0.5, 0.6) is 0 Å². The minimum absolute atomic E-state index is 0.608. The lowest BCUT2D eigenvalue weighted by Gasteiger charge is -2.02. The molecule has 1 N–H and O–H groups in total. The molecule has 1 aromatic rings. The van der Waals surface area contributed by atoms with Crippen LogP contribution in [-0.4, -0.2) is 21.0 Å². The van der Waals surface area contributed by atoms with E-state index in [4.69, 9.17) is 16.7 Å². The molecule has 0 saturated heterocycles. The van der Waals surface area contributed by atoms with Crippen molar-refractivity contribution in [3.63, 3.8) is 0 Å². The number of alkyl halides is 2. The molecule has 0 spiro atoms. The number of hydrogen-bond donors (Lipinski definition) is 1. The van der Waals surface area contributed by atoms with Crippen molar-refractivity contribution in [2.45, 2.75) is 6.43 Å². The summed E-state index contributed by atoms with van der Waals surface area (Å²) in [5, 5.41) is 18.2. The Kier molecular flexibility index (Phi) is 3.33. The molecule has 1 rings (SSSR count). The summed E-state index contributed by atoms with van der Waals surface area (Å²) in [7, 11) is 0. The molecule has 0 aliphatic heterocycles. The minimum Gasteiger partial charge on any atom is -0.477 e. The molecule has 16 heavy (non-hydrogen) atoms. The molecule has 0 aliphatic rings. The highest BCUT2D eigenvalue weighted by Gasteiger charge is 2.30. The molecule has 0 aromatic carbocycles. The summed E-state index contributed by atoms with van der Waals surface area (Å²) in [6, 6.07) is 0.608. The number of aromatic nitrogens is 1. The van der Waals surface area contributed by atoms with Crippen LogP contribution in [0.2, 0.25) is 5.02 Å². The van der Waals surface area contributed by atoms with Crippen LogP contribution in [0.4, 0.5) is 14.6 Å². The summed E-state index contributed by atoms with van der Waals surface area (Å²) >= 11 is 5.36. The summed E-state index contributed by atoms with van der Waals surface area (Å²) in [5.41, 5.74) is -2.14. The molecule has 0 amide bonds. The number of nitrogens with zero attached hydrogens (tertiary/aromatic N) is 2. The molecule has 0 fully saturated rings. The van der Waals surface area contributed by atoms with Crippen LogP contribution in [0.1, 0.15) is 22.5 Å². The molecule has 9 heteroatoms. The van der Waals surface area contributed by atoms with Crippen LogP contribution in [0, 0.1) is 10.1 Å². The summed E-state index contributed by atoms with van der Waals surface area (Å²) in [5.74, 6) is -2.65. The maximum absolute atomic E-state index is 12.4. The zero-order valence-corrected chi connectivity index (χ0v) is 8.11. The molecule has 0 aliphatic carbocycles. The van der Waals surface area contributed by atoms with E-state index in [9.17, 15) is 23.7 Å². The third kappa shape index (κ3) is 2.22. The molecule has 86 valence electrons. The fourth-order valence-corrected chi connectivity index (χ4v) is 1.26. The monoisotopic (exact) mass is 252 g/mol. The first-order valence-corrected chi connectivity index (χ1v) is 4.08. The van der Waals surface area contributed by atoms with Gasteiger partial charge in [-0.25, -0.2) is 13.6 Å². The highest BCUT2D eigenvalue weighted by molar-refractivity contribution is 6.33. The van der Waals surface area contributed by atoms with Gasteiger partial charge < -0.3 is 15.2 Å². The van der Waals surface area contributed by atoms with Crippen LogP contribution in [0.3, 0.4) is 0 Å². The van der Waals surface area contributed by atoms with Crippen LogP contribution in [0.25, 0.3) is 0 Å². The van der Waals surface area contributed by atoms with Crippen molar-refractivity contribution < 1.29 is 23.6 Å². The number of halogens is 3. The lowest BCUT2D eigenvalue weighted by molar-refractivity contribution is -0.389. The van der Waals surface area contributed by atoms with Gasteiger partial charge in [-0.1, -0.05) is 11.6 Å². The van der Waals surface area contributed by atoms with Gasteiger partial charge in [0.1, 0.15) is 5.56 Å². The second kappa shape index (κ2) is 4.35. The highest BCUT2D eigenvalue weighted by Crippen LogP contribution is 2.29. The van der Waals surface area contributed by atoms with E-state index >= 15 is 0 Å². The molecule has 0 unspecified atom stereocenters. The summed E-state index contributed by atoms with van der Waals surface area (Å²) in [4.78, 5) is 22.8. The first kappa shape index (κ1) is 12.2. The van der Waals surface area contributed by atoms with Gasteiger partial charge in [0.25, 0.3) is 0 Å². The van der Waals surface area contributed by atoms with E-state index in [1.165, 1.54) is 0 Å². The molecule has 0 atom stereocenters. The quantitative estimate of drug-likeness (QED) is 0.658. The lowest BCUT2D eigenvalue weighted by Crippen LogP contribution is -2.08. The van der Waals surface area contributed by atoms with E-state index in [1.807, 2.05) is 0 Å². The first-order chi connectivity index (χ1) is 7.34. The number of carboxylic acid groups (broad SMARTS) is 1. The summed E-state index contributed by atoms with van der Waals surface area (Å²) < 4.78 is 24.8. The van der Waals surface area contributed by atoms with E-state index in [0.29, 0.717) is 6.07 Å². The van der Waals surface area contributed by atoms with Crippen molar-refractivity contribution in [3.8, 4) is 0 Å². The Morgan fingerprint density at radius 1 is 1.62 bits per heavy atom. The number of nitro groups is 1. The van der Waals surface area contributed by atoms with Crippen LogP contribution < -0.4 is 0 Å². The van der Waals surface area contributed by atoms with Gasteiger partial charge in [0.05, 0.1) is 11.1 Å². The average Bonchev–Trinajstić information content (AvgIpc) is 2.15. The van der Waals surface area contributed by atoms with Crippen molar-refractivity contribution >= 4 is 23.4 Å². The standard InChI is InChI=1S/C7H3ClF2N2O4/c8-2-1-3(12(15)16)11-5(6(9)10)4(2)7(13)14/h1,6H,(H,13,14). The third-order valence-corrected chi connectivity index (χ3v) is 1.89. The molecular weight excluding hydrogens is 250 g/mol. The van der Waals surface area contributed by atoms with Crippen LogP contribution in [0.15, 0.2) is 6.07 Å². The molecule has 6 nitrogen and oxygen atoms in total. The first-order valence-electron chi connectivity index (χ1n) is 3.71. The number of hydrogen-bond acceptors (Lipinski definition) is 4. The van der Waals surface area contributed by atoms with Gasteiger partial charge in [0.2, 0.25) is 5.69 Å². The molecular formula is C7H3ClF2N2O4. The topological polar surface area (TPSA) is 93.3 Å². The van der Waals surface area contributed by atoms with Gasteiger partial charge in [-0.2, -0.15) is 0 Å². The van der Waals surface area contributed by atoms with Crippen molar-refractivity contribution in [2.75, 3.05) is 0 Å². The largest absolute Gasteiger partial charge is 0.477 e. The van der Waals surface area contributed by atoms with Gasteiger partial charge in [-0.3, -0.25) is 0 Å². The molecule has 1 aromatic heterocycles. The van der Waals surface area contributed by atoms with E-state index in [2.05, 4.69) is 4.98 Å². The smallest absolute Gasteiger partial charge is 0.365 e. The molecule has 0 bridgehead atoms. The van der Waals surface area contributed by atoms with Gasteiger partial charge in [-0.15, -0.1) is 0 Å². The van der Waals surface area contributed by atoms with Crippen molar-refractivity contribution in [3.05, 3.63) is 32.5 Å². The molecule has 0 saturated carbocycles. The normalized spacial score (nSPS) is 10.5. The Bertz CT molecular complexity index is 466. The van der Waals surface area contributed by atoms with Gasteiger partial charge in [0, 0.05) is 0 Å². The van der Waals surface area contributed by atoms with E-state index in [1.54, 1.807) is 0 Å². The number of rotatable bonds is 3. The Morgan fingerprint density at radius 2 is 2.19 bits per heavy atom. The predicted molar refractivity (Wildman–Crippen MR) is 47.8 cm³/mol. The fraction of sp³-hybridized carbons (Fsp3) is 0.143. The van der Waals surface area contributed by atoms with E-state index in [-0.39, 0.29) is 0 Å². The Balaban J connectivity index is 3.51. The maximum atomic E-state index is 12.4. The number of carboxylic acids is 1. The minimum atomic E-state index is -3.26. The second-order valence-corrected chi connectivity index (χ2v) is 2.99. The van der Waals surface area contributed by atoms with E-state index in [0.717, 1.165) is 0 Å². The predicted octanol–water partition coefficient (Wildman–Crippen LogP) is 2.28. The summed E-state index contributed by atoms with van der Waals surface area (Å²) in [6.07, 6.45) is -3.26. The molecule has 1 heterocycles. The lowest BCUT2D eigenvalue weighted by atomic mass is 10.2. The zero-order valence-electron chi connectivity index (χ0n) is 7.35. The van der Waals surface area contributed by atoms with Gasteiger partial charge in [-0.05, 0) is 9.91 Å². The molecule has 0 radical (unpaired) electrons. The maximum Gasteiger partial charge on any atom is 0.365 e. The van der Waals surface area contributed by atoms with Crippen molar-refractivity contribution in [1.82, 2.24) is 4.98 Å². The summed E-state index contributed by atoms with van der Waals surface area (Å²) in [6.45, 7) is 0. The van der Waals surface area contributed by atoms with Gasteiger partial charge in [0.15, 0.2) is 0 Å². The highest BCUT2D eigenvalue weighted by atomic mass is 35.5. The van der Waals surface area contributed by atoms with Crippen LogP contribution in [-0.2, 0) is 0 Å². The van der Waals surface area contributed by atoms with Crippen molar-refractivity contribution in [2.24, 2.45) is 0 Å². The fourth-order valence-electron chi connectivity index (χ4n) is 0.983. The second-order valence-electron chi connectivity index (χ2n) is 2.59. The Labute approximate surface area is 91.6 Å². The number of carbonyl (C=O) groups is 1. The average molecular weight is 253 g/mol. The van der Waals surface area contributed by atoms with Gasteiger partial charge >= 0.3 is 18.2 Å².